The number of pyridine rings is 1. The number of nitrogens with zero attached hydrogens (tertiary/aromatic N) is 4. The molecule has 0 radical (unpaired) electrons. The van der Waals surface area contributed by atoms with Crippen molar-refractivity contribution < 1.29 is 4.79 Å². The van der Waals surface area contributed by atoms with Gasteiger partial charge in [-0.25, -0.2) is 4.52 Å². The van der Waals surface area contributed by atoms with E-state index in [0.29, 0.717) is 5.95 Å². The number of amides is 1. The fourth-order valence-electron chi connectivity index (χ4n) is 2.21. The van der Waals surface area contributed by atoms with Gasteiger partial charge in [0.1, 0.15) is 6.04 Å². The Balaban J connectivity index is 1.87. The average Bonchev–Trinajstić information content (AvgIpc) is 2.89. The van der Waals surface area contributed by atoms with E-state index in [1.54, 1.807) is 9.42 Å². The molecule has 6 heteroatoms. The highest BCUT2D eigenvalue weighted by molar-refractivity contribution is 5.86. The van der Waals surface area contributed by atoms with Crippen LogP contribution in [0, 0.1) is 6.92 Å². The van der Waals surface area contributed by atoms with Crippen molar-refractivity contribution in [2.45, 2.75) is 19.4 Å². The first-order valence-corrected chi connectivity index (χ1v) is 5.98. The monoisotopic (exact) mass is 245 g/mol. The Morgan fingerprint density at radius 1 is 1.50 bits per heavy atom. The molecular formula is C12H15N5O. The van der Waals surface area contributed by atoms with Gasteiger partial charge in [0, 0.05) is 19.8 Å². The minimum Gasteiger partial charge on any atom is -0.344 e. The van der Waals surface area contributed by atoms with Gasteiger partial charge in [0.25, 0.3) is 0 Å². The van der Waals surface area contributed by atoms with Crippen LogP contribution < -0.4 is 5.32 Å². The molecule has 3 heterocycles. The summed E-state index contributed by atoms with van der Waals surface area (Å²) in [5, 5.41) is 7.42. The molecule has 1 N–H and O–H groups in total. The number of fused-ring (bicyclic) bond motifs is 1. The van der Waals surface area contributed by atoms with Gasteiger partial charge in [-0.3, -0.25) is 4.79 Å². The SMILES string of the molecule is Cc1cccn2nc(NC3CCN(C)C3=O)nc12. The highest BCUT2D eigenvalue weighted by Gasteiger charge is 2.29. The number of nitrogens with one attached hydrogen (secondary N) is 1. The molecule has 1 unspecified atom stereocenters. The van der Waals surface area contributed by atoms with Crippen LogP contribution in [-0.4, -0.2) is 45.0 Å². The van der Waals surface area contributed by atoms with Crippen LogP contribution in [0.15, 0.2) is 18.3 Å². The zero-order valence-corrected chi connectivity index (χ0v) is 10.4. The molecule has 0 aromatic carbocycles. The fourth-order valence-corrected chi connectivity index (χ4v) is 2.21. The summed E-state index contributed by atoms with van der Waals surface area (Å²) in [5.74, 6) is 0.614. The molecule has 1 aliphatic heterocycles. The van der Waals surface area contributed by atoms with Gasteiger partial charge in [-0.15, -0.1) is 5.10 Å². The quantitative estimate of drug-likeness (QED) is 0.845. The fraction of sp³-hybridized carbons (Fsp3) is 0.417. The smallest absolute Gasteiger partial charge is 0.244 e. The largest absolute Gasteiger partial charge is 0.344 e. The lowest BCUT2D eigenvalue weighted by Crippen LogP contribution is -2.31. The first kappa shape index (κ1) is 11.0. The van der Waals surface area contributed by atoms with Crippen LogP contribution >= 0.6 is 0 Å². The average molecular weight is 245 g/mol. The predicted molar refractivity (Wildman–Crippen MR) is 67.4 cm³/mol. The number of aryl methyl sites for hydroxylation is 1. The maximum atomic E-state index is 11.8. The molecule has 1 atom stereocenters. The standard InChI is InChI=1S/C12H15N5O/c1-8-4-3-6-17-10(8)14-12(15-17)13-9-5-7-16(2)11(9)18/h3-4,6,9H,5,7H2,1-2H3,(H,13,15). The molecule has 0 spiro atoms. The maximum absolute atomic E-state index is 11.8. The summed E-state index contributed by atoms with van der Waals surface area (Å²) in [5.41, 5.74) is 1.88. The van der Waals surface area contributed by atoms with Crippen molar-refractivity contribution in [2.24, 2.45) is 0 Å². The molecule has 1 saturated heterocycles. The van der Waals surface area contributed by atoms with Gasteiger partial charge in [0.05, 0.1) is 0 Å². The number of carbonyl (C=O) groups excluding carboxylic acids is 1. The Morgan fingerprint density at radius 2 is 2.33 bits per heavy atom. The van der Waals surface area contributed by atoms with Crippen molar-refractivity contribution >= 4 is 17.5 Å². The van der Waals surface area contributed by atoms with E-state index in [0.717, 1.165) is 24.2 Å². The summed E-state index contributed by atoms with van der Waals surface area (Å²) >= 11 is 0. The van der Waals surface area contributed by atoms with Gasteiger partial charge in [-0.1, -0.05) is 6.07 Å². The molecule has 94 valence electrons. The molecule has 1 fully saturated rings. The minimum absolute atomic E-state index is 0.102. The number of anilines is 1. The van der Waals surface area contributed by atoms with Gasteiger partial charge in [0.2, 0.25) is 11.9 Å². The Morgan fingerprint density at radius 3 is 3.00 bits per heavy atom. The van der Waals surface area contributed by atoms with E-state index in [1.807, 2.05) is 32.3 Å². The van der Waals surface area contributed by atoms with E-state index in [9.17, 15) is 4.79 Å². The summed E-state index contributed by atoms with van der Waals surface area (Å²) in [6.45, 7) is 2.77. The number of hydrogen-bond donors (Lipinski definition) is 1. The lowest BCUT2D eigenvalue weighted by atomic mass is 10.2. The highest BCUT2D eigenvalue weighted by atomic mass is 16.2. The third kappa shape index (κ3) is 1.70. The molecule has 2 aromatic heterocycles. The molecule has 18 heavy (non-hydrogen) atoms. The van der Waals surface area contributed by atoms with E-state index in [4.69, 9.17) is 0 Å². The third-order valence-electron chi connectivity index (χ3n) is 3.29. The van der Waals surface area contributed by atoms with Crippen molar-refractivity contribution in [3.63, 3.8) is 0 Å². The molecule has 1 amide bonds. The van der Waals surface area contributed by atoms with Gasteiger partial charge < -0.3 is 10.2 Å². The molecule has 2 aromatic rings. The third-order valence-corrected chi connectivity index (χ3v) is 3.29. The van der Waals surface area contributed by atoms with E-state index >= 15 is 0 Å². The van der Waals surface area contributed by atoms with Gasteiger partial charge in [-0.05, 0) is 25.0 Å². The molecule has 0 saturated carbocycles. The topological polar surface area (TPSA) is 62.5 Å². The van der Waals surface area contributed by atoms with Crippen LogP contribution in [0.2, 0.25) is 0 Å². The van der Waals surface area contributed by atoms with Crippen LogP contribution in [0.25, 0.3) is 5.65 Å². The Labute approximate surface area is 105 Å². The molecule has 3 rings (SSSR count). The van der Waals surface area contributed by atoms with E-state index in [2.05, 4.69) is 15.4 Å². The zero-order valence-electron chi connectivity index (χ0n) is 10.4. The maximum Gasteiger partial charge on any atom is 0.244 e. The van der Waals surface area contributed by atoms with Crippen molar-refractivity contribution in [3.8, 4) is 0 Å². The summed E-state index contributed by atoms with van der Waals surface area (Å²) in [7, 11) is 1.81. The lowest BCUT2D eigenvalue weighted by Gasteiger charge is -2.10. The summed E-state index contributed by atoms with van der Waals surface area (Å²) in [4.78, 5) is 17.9. The number of likely N-dealkylation sites (tertiary alicyclic amines) is 1. The Bertz CT molecular complexity index is 606. The van der Waals surface area contributed by atoms with Crippen molar-refractivity contribution in [1.29, 1.82) is 0 Å². The first-order chi connectivity index (χ1) is 8.65. The first-order valence-electron chi connectivity index (χ1n) is 5.98. The van der Waals surface area contributed by atoms with Crippen molar-refractivity contribution in [2.75, 3.05) is 18.9 Å². The number of hydrogen-bond acceptors (Lipinski definition) is 4. The molecule has 1 aliphatic rings. The molecule has 0 bridgehead atoms. The van der Waals surface area contributed by atoms with Gasteiger partial charge in [-0.2, -0.15) is 4.98 Å². The molecule has 6 nitrogen and oxygen atoms in total. The van der Waals surface area contributed by atoms with E-state index < -0.39 is 0 Å². The van der Waals surface area contributed by atoms with Crippen molar-refractivity contribution in [1.82, 2.24) is 19.5 Å². The van der Waals surface area contributed by atoms with Crippen LogP contribution in [-0.2, 0) is 4.79 Å². The van der Waals surface area contributed by atoms with E-state index in [1.165, 1.54) is 0 Å². The number of likely N-dealkylation sites (N-methyl/N-ethyl adjacent to an activating group) is 1. The van der Waals surface area contributed by atoms with Crippen LogP contribution in [0.5, 0.6) is 0 Å². The summed E-state index contributed by atoms with van der Waals surface area (Å²) in [6, 6.07) is 3.71. The second-order valence-corrected chi connectivity index (χ2v) is 4.64. The Hall–Kier alpha value is -2.11. The Kier molecular flexibility index (Phi) is 2.43. The second kappa shape index (κ2) is 3.97. The summed E-state index contributed by atoms with van der Waals surface area (Å²) < 4.78 is 1.72. The van der Waals surface area contributed by atoms with Gasteiger partial charge in [0.15, 0.2) is 5.65 Å². The van der Waals surface area contributed by atoms with Gasteiger partial charge >= 0.3 is 0 Å². The predicted octanol–water partition coefficient (Wildman–Crippen LogP) is 0.680. The number of carbonyl (C=O) groups is 1. The van der Waals surface area contributed by atoms with Crippen LogP contribution in [0.4, 0.5) is 5.95 Å². The zero-order chi connectivity index (χ0) is 12.7. The van der Waals surface area contributed by atoms with Crippen LogP contribution in [0.3, 0.4) is 0 Å². The normalized spacial score (nSPS) is 19.8. The van der Waals surface area contributed by atoms with E-state index in [-0.39, 0.29) is 11.9 Å². The van der Waals surface area contributed by atoms with Crippen LogP contribution in [0.1, 0.15) is 12.0 Å². The second-order valence-electron chi connectivity index (χ2n) is 4.64. The lowest BCUT2D eigenvalue weighted by molar-refractivity contribution is -0.127. The molecule has 0 aliphatic carbocycles. The summed E-state index contributed by atoms with van der Waals surface area (Å²) in [6.07, 6.45) is 2.65. The number of rotatable bonds is 2. The van der Waals surface area contributed by atoms with Crippen molar-refractivity contribution in [3.05, 3.63) is 23.9 Å². The highest BCUT2D eigenvalue weighted by Crippen LogP contribution is 2.15. The number of aromatic nitrogens is 3. The minimum atomic E-state index is -0.201. The molecular weight excluding hydrogens is 230 g/mol.